The molecule has 2 aromatic carbocycles. The Bertz CT molecular complexity index is 1010. The lowest BCUT2D eigenvalue weighted by molar-refractivity contribution is 0.0336. The van der Waals surface area contributed by atoms with Crippen LogP contribution in [0, 0.1) is 0 Å². The summed E-state index contributed by atoms with van der Waals surface area (Å²) in [5.41, 5.74) is 5.64. The van der Waals surface area contributed by atoms with Crippen molar-refractivity contribution in [3.8, 4) is 0 Å². The Morgan fingerprint density at radius 1 is 1.30 bits per heavy atom. The summed E-state index contributed by atoms with van der Waals surface area (Å²) in [6.45, 7) is 3.15. The van der Waals surface area contributed by atoms with Crippen LogP contribution in [-0.4, -0.2) is 33.4 Å². The Morgan fingerprint density at radius 3 is 3.07 bits per heavy atom. The van der Waals surface area contributed by atoms with Gasteiger partial charge in [-0.05, 0) is 61.4 Å². The van der Waals surface area contributed by atoms with E-state index in [0.29, 0.717) is 0 Å². The van der Waals surface area contributed by atoms with E-state index in [2.05, 4.69) is 46.1 Å². The molecule has 0 saturated carbocycles. The fraction of sp³-hybridized carbons (Fsp3) is 0.391. The molecule has 1 amide bonds. The maximum atomic E-state index is 13.5. The molecule has 5 rings (SSSR count). The summed E-state index contributed by atoms with van der Waals surface area (Å²) >= 11 is 0. The second-order valence-electron chi connectivity index (χ2n) is 7.96. The molecule has 4 heteroatoms. The number of rotatable bonds is 2. The first kappa shape index (κ1) is 16.5. The Kier molecular flexibility index (Phi) is 3.81. The number of hydrogen-bond acceptors (Lipinski definition) is 2. The largest absolute Gasteiger partial charge is 0.345 e. The van der Waals surface area contributed by atoms with Crippen LogP contribution in [0.5, 0.6) is 0 Å². The summed E-state index contributed by atoms with van der Waals surface area (Å²) in [5, 5.41) is 0. The highest BCUT2D eigenvalue weighted by Gasteiger charge is 2.48. The lowest BCUT2D eigenvalue weighted by atomic mass is 9.61. The number of piperidine rings is 1. The monoisotopic (exact) mass is 359 g/mol. The van der Waals surface area contributed by atoms with Crippen LogP contribution in [0.1, 0.15) is 54.1 Å². The quantitative estimate of drug-likeness (QED) is 0.734. The van der Waals surface area contributed by atoms with Crippen LogP contribution in [0.2, 0.25) is 0 Å². The van der Waals surface area contributed by atoms with E-state index in [4.69, 9.17) is 0 Å². The first-order valence-corrected chi connectivity index (χ1v) is 10.1. The van der Waals surface area contributed by atoms with Crippen molar-refractivity contribution in [2.45, 2.75) is 50.5 Å². The summed E-state index contributed by atoms with van der Waals surface area (Å²) in [5.74, 6) is 0.161. The second kappa shape index (κ2) is 6.22. The number of aryl methyl sites for hydroxylation is 1. The van der Waals surface area contributed by atoms with Gasteiger partial charge in [-0.15, -0.1) is 0 Å². The third kappa shape index (κ3) is 2.43. The van der Waals surface area contributed by atoms with Gasteiger partial charge in [-0.2, -0.15) is 0 Å². The highest BCUT2D eigenvalue weighted by atomic mass is 16.2. The molecule has 1 aromatic heterocycles. The molecular weight excluding hydrogens is 334 g/mol. The molecule has 3 aromatic rings. The molecule has 0 spiro atoms. The molecule has 1 aliphatic heterocycles. The van der Waals surface area contributed by atoms with Crippen molar-refractivity contribution in [3.63, 3.8) is 0 Å². The fourth-order valence-corrected chi connectivity index (χ4v) is 5.53. The van der Waals surface area contributed by atoms with Gasteiger partial charge in [0.05, 0.1) is 17.4 Å². The number of benzene rings is 2. The molecular formula is C23H25N3O. The molecule has 1 fully saturated rings. The Morgan fingerprint density at radius 2 is 2.19 bits per heavy atom. The predicted octanol–water partition coefficient (Wildman–Crippen LogP) is 4.46. The van der Waals surface area contributed by atoms with Gasteiger partial charge in [-0.25, -0.2) is 4.98 Å². The van der Waals surface area contributed by atoms with Gasteiger partial charge in [-0.3, -0.25) is 4.79 Å². The van der Waals surface area contributed by atoms with Crippen LogP contribution in [-0.2, 0) is 11.8 Å². The first-order chi connectivity index (χ1) is 13.2. The van der Waals surface area contributed by atoms with E-state index in [1.54, 1.807) is 6.33 Å². The predicted molar refractivity (Wildman–Crippen MR) is 107 cm³/mol. The number of aromatic amines is 1. The number of fused-ring (bicyclic) bond motifs is 4. The van der Waals surface area contributed by atoms with Gasteiger partial charge >= 0.3 is 0 Å². The minimum absolute atomic E-state index is 0.0981. The third-order valence-electron chi connectivity index (χ3n) is 6.84. The Labute approximate surface area is 159 Å². The average Bonchev–Trinajstić information content (AvgIpc) is 3.20. The lowest BCUT2D eigenvalue weighted by Crippen LogP contribution is -2.58. The summed E-state index contributed by atoms with van der Waals surface area (Å²) in [4.78, 5) is 23.0. The first-order valence-electron chi connectivity index (χ1n) is 10.1. The molecule has 4 nitrogen and oxygen atoms in total. The average molecular weight is 359 g/mol. The number of hydrogen-bond donors (Lipinski definition) is 1. The number of carbonyl (C=O) groups is 1. The van der Waals surface area contributed by atoms with Gasteiger partial charge in [0.1, 0.15) is 0 Å². The van der Waals surface area contributed by atoms with E-state index in [0.717, 1.165) is 48.8 Å². The van der Waals surface area contributed by atoms with Crippen molar-refractivity contribution in [2.75, 3.05) is 6.54 Å². The van der Waals surface area contributed by atoms with Gasteiger partial charge in [0.25, 0.3) is 5.91 Å². The SMILES string of the molecule is CC[C@]12CCCN(C(=O)c3ccc4nc[nH]c4c3)C1CCc1ccccc12. The van der Waals surface area contributed by atoms with E-state index in [9.17, 15) is 4.79 Å². The highest BCUT2D eigenvalue weighted by molar-refractivity contribution is 5.97. The number of nitrogens with one attached hydrogen (secondary N) is 1. The van der Waals surface area contributed by atoms with Crippen molar-refractivity contribution in [1.29, 1.82) is 0 Å². The maximum absolute atomic E-state index is 13.5. The summed E-state index contributed by atoms with van der Waals surface area (Å²) in [7, 11) is 0. The minimum Gasteiger partial charge on any atom is -0.345 e. The summed E-state index contributed by atoms with van der Waals surface area (Å²) in [6, 6.07) is 15.0. The van der Waals surface area contributed by atoms with Crippen molar-refractivity contribution < 1.29 is 4.79 Å². The van der Waals surface area contributed by atoms with Gasteiger partial charge < -0.3 is 9.88 Å². The van der Waals surface area contributed by atoms with Crippen molar-refractivity contribution in [1.82, 2.24) is 14.9 Å². The highest BCUT2D eigenvalue weighted by Crippen LogP contribution is 2.48. The van der Waals surface area contributed by atoms with Crippen molar-refractivity contribution >= 4 is 16.9 Å². The molecule has 2 aliphatic rings. The molecule has 0 radical (unpaired) electrons. The summed E-state index contributed by atoms with van der Waals surface area (Å²) < 4.78 is 0. The minimum atomic E-state index is 0.0981. The molecule has 138 valence electrons. The van der Waals surface area contributed by atoms with Crippen molar-refractivity contribution in [2.24, 2.45) is 0 Å². The fourth-order valence-electron chi connectivity index (χ4n) is 5.53. The van der Waals surface area contributed by atoms with E-state index in [1.807, 2.05) is 18.2 Å². The topological polar surface area (TPSA) is 49.0 Å². The van der Waals surface area contributed by atoms with Gasteiger partial charge in [0, 0.05) is 23.6 Å². The Hall–Kier alpha value is -2.62. The third-order valence-corrected chi connectivity index (χ3v) is 6.84. The van der Waals surface area contributed by atoms with Crippen LogP contribution < -0.4 is 0 Å². The molecule has 27 heavy (non-hydrogen) atoms. The van der Waals surface area contributed by atoms with Crippen LogP contribution in [0.3, 0.4) is 0 Å². The smallest absolute Gasteiger partial charge is 0.254 e. The van der Waals surface area contributed by atoms with Crippen LogP contribution >= 0.6 is 0 Å². The van der Waals surface area contributed by atoms with Crippen molar-refractivity contribution in [3.05, 3.63) is 65.5 Å². The van der Waals surface area contributed by atoms with Gasteiger partial charge in [0.15, 0.2) is 0 Å². The molecule has 2 heterocycles. The molecule has 1 aliphatic carbocycles. The number of nitrogens with zero attached hydrogens (tertiary/aromatic N) is 2. The van der Waals surface area contributed by atoms with Crippen LogP contribution in [0.25, 0.3) is 11.0 Å². The number of aromatic nitrogens is 2. The standard InChI is InChI=1S/C23H25N3O/c1-2-23-12-5-13-26(21(23)11-9-16-6-3-4-7-18(16)23)22(27)17-8-10-19-20(14-17)25-15-24-19/h3-4,6-8,10,14-15,21H,2,5,9,11-13H2,1H3,(H,24,25)/t21?,23-/m1/s1. The number of imidazole rings is 1. The van der Waals surface area contributed by atoms with Gasteiger partial charge in [0.2, 0.25) is 0 Å². The number of amides is 1. The van der Waals surface area contributed by atoms with E-state index < -0.39 is 0 Å². The van der Waals surface area contributed by atoms with E-state index >= 15 is 0 Å². The zero-order valence-electron chi connectivity index (χ0n) is 15.7. The molecule has 0 bridgehead atoms. The molecule has 2 atom stereocenters. The van der Waals surface area contributed by atoms with Crippen LogP contribution in [0.4, 0.5) is 0 Å². The number of carbonyl (C=O) groups excluding carboxylic acids is 1. The zero-order chi connectivity index (χ0) is 18.4. The number of likely N-dealkylation sites (tertiary alicyclic amines) is 1. The molecule has 1 saturated heterocycles. The normalized spacial score (nSPS) is 24.5. The molecule has 1 unspecified atom stereocenters. The van der Waals surface area contributed by atoms with Crippen LogP contribution in [0.15, 0.2) is 48.8 Å². The van der Waals surface area contributed by atoms with E-state index in [1.165, 1.54) is 17.5 Å². The maximum Gasteiger partial charge on any atom is 0.254 e. The molecule has 1 N–H and O–H groups in total. The second-order valence-corrected chi connectivity index (χ2v) is 7.96. The lowest BCUT2D eigenvalue weighted by Gasteiger charge is -2.53. The Balaban J connectivity index is 1.54. The van der Waals surface area contributed by atoms with Gasteiger partial charge in [-0.1, -0.05) is 31.2 Å². The number of H-pyrrole nitrogens is 1. The summed E-state index contributed by atoms with van der Waals surface area (Å²) in [6.07, 6.45) is 7.12. The zero-order valence-corrected chi connectivity index (χ0v) is 15.7. The van der Waals surface area contributed by atoms with E-state index in [-0.39, 0.29) is 17.4 Å².